The first-order valence-electron chi connectivity index (χ1n) is 15.1. The number of nitrogens with zero attached hydrogens (tertiary/aromatic N) is 3. The van der Waals surface area contributed by atoms with Gasteiger partial charge in [-0.05, 0) is 87.4 Å². The number of hydrogen-bond acceptors (Lipinski definition) is 5. The van der Waals surface area contributed by atoms with Gasteiger partial charge in [-0.15, -0.1) is 0 Å². The summed E-state index contributed by atoms with van der Waals surface area (Å²) in [5.41, 5.74) is 5.69. The number of anilines is 1. The van der Waals surface area contributed by atoms with Crippen LogP contribution in [0.15, 0.2) is 53.1 Å². The fraction of sp³-hybridized carbons (Fsp3) is 0.455. The minimum absolute atomic E-state index is 0.0128. The lowest BCUT2D eigenvalue weighted by Gasteiger charge is -2.38. The van der Waals surface area contributed by atoms with Crippen molar-refractivity contribution in [3.05, 3.63) is 75.5 Å². The third-order valence-corrected chi connectivity index (χ3v) is 9.88. The van der Waals surface area contributed by atoms with Gasteiger partial charge in [-0.3, -0.25) is 0 Å². The standard InChI is InChI=1S/C33H36Cl2N4O3/c1-38-14-12-20(13-15-38)22-4-2-5-23(16-22)36-33(40)39-24-10-11-25(39)18-26(17-24)41-19-27-31(37-42-32(27)21-8-9-21)30-28(34)6-3-7-29(30)35/h2-7,12,16,21,24-26H,8-11,13-15,17-19H2,1H3,(H,36,40). The Bertz CT molecular complexity index is 1480. The highest BCUT2D eigenvalue weighted by Crippen LogP contribution is 2.46. The van der Waals surface area contributed by atoms with Crippen molar-refractivity contribution in [2.45, 2.75) is 75.7 Å². The maximum atomic E-state index is 13.5. The van der Waals surface area contributed by atoms with Crippen molar-refractivity contribution in [2.24, 2.45) is 0 Å². The van der Waals surface area contributed by atoms with Gasteiger partial charge in [0.15, 0.2) is 0 Å². The van der Waals surface area contributed by atoms with E-state index in [1.807, 2.05) is 30.3 Å². The van der Waals surface area contributed by atoms with Gasteiger partial charge < -0.3 is 24.4 Å². The highest BCUT2D eigenvalue weighted by Gasteiger charge is 2.44. The Morgan fingerprint density at radius 3 is 2.50 bits per heavy atom. The van der Waals surface area contributed by atoms with Gasteiger partial charge in [-0.1, -0.05) is 52.6 Å². The smallest absolute Gasteiger partial charge is 0.322 e. The number of urea groups is 1. The van der Waals surface area contributed by atoms with Crippen LogP contribution in [0.25, 0.3) is 16.8 Å². The van der Waals surface area contributed by atoms with Crippen molar-refractivity contribution >= 4 is 40.5 Å². The molecule has 4 heterocycles. The lowest BCUT2D eigenvalue weighted by atomic mass is 9.99. The molecule has 0 radical (unpaired) electrons. The Balaban J connectivity index is 1.02. The summed E-state index contributed by atoms with van der Waals surface area (Å²) in [5.74, 6) is 1.26. The topological polar surface area (TPSA) is 70.8 Å². The molecule has 9 heteroatoms. The van der Waals surface area contributed by atoms with E-state index in [1.165, 1.54) is 11.1 Å². The molecule has 1 saturated carbocycles. The number of aromatic nitrogens is 1. The molecule has 2 bridgehead atoms. The number of hydrogen-bond donors (Lipinski definition) is 1. The SMILES string of the molecule is CN1CC=C(c2cccc(NC(=O)N3C4CCC3CC(OCc3c(-c5c(Cl)cccc5Cl)noc3C3CC3)C4)c2)CC1. The van der Waals surface area contributed by atoms with E-state index in [0.29, 0.717) is 33.8 Å². The molecule has 1 aromatic heterocycles. The molecule has 1 N–H and O–H groups in total. The maximum Gasteiger partial charge on any atom is 0.322 e. The van der Waals surface area contributed by atoms with Gasteiger partial charge in [0.1, 0.15) is 11.5 Å². The molecule has 0 spiro atoms. The number of carbonyl (C=O) groups is 1. The summed E-state index contributed by atoms with van der Waals surface area (Å²) in [4.78, 5) is 17.9. The molecular weight excluding hydrogens is 571 g/mol. The van der Waals surface area contributed by atoms with Crippen molar-refractivity contribution in [1.82, 2.24) is 15.0 Å². The molecule has 2 atom stereocenters. The van der Waals surface area contributed by atoms with E-state index in [0.717, 1.165) is 75.0 Å². The van der Waals surface area contributed by atoms with Crippen molar-refractivity contribution in [2.75, 3.05) is 25.5 Å². The average molecular weight is 608 g/mol. The number of carbonyl (C=O) groups excluding carboxylic acids is 1. The quantitative estimate of drug-likeness (QED) is 0.295. The second-order valence-corrected chi connectivity index (χ2v) is 13.0. The number of nitrogens with one attached hydrogen (secondary N) is 1. The zero-order valence-corrected chi connectivity index (χ0v) is 25.3. The molecular formula is C33H36Cl2N4O3. The Morgan fingerprint density at radius 2 is 1.81 bits per heavy atom. The number of fused-ring (bicyclic) bond motifs is 2. The van der Waals surface area contributed by atoms with Gasteiger partial charge >= 0.3 is 6.03 Å². The zero-order valence-electron chi connectivity index (χ0n) is 23.8. The van der Waals surface area contributed by atoms with E-state index in [2.05, 4.69) is 45.5 Å². The third kappa shape index (κ3) is 5.60. The Morgan fingerprint density at radius 1 is 1.07 bits per heavy atom. The first-order chi connectivity index (χ1) is 20.4. The predicted octanol–water partition coefficient (Wildman–Crippen LogP) is 7.99. The molecule has 42 heavy (non-hydrogen) atoms. The number of ether oxygens (including phenoxy) is 1. The number of piperidine rings is 1. The monoisotopic (exact) mass is 606 g/mol. The second kappa shape index (κ2) is 11.7. The average Bonchev–Trinajstić information content (AvgIpc) is 3.68. The highest BCUT2D eigenvalue weighted by atomic mass is 35.5. The van der Waals surface area contributed by atoms with E-state index < -0.39 is 0 Å². The first-order valence-corrected chi connectivity index (χ1v) is 15.8. The third-order valence-electron chi connectivity index (χ3n) is 9.25. The Labute approximate surface area is 256 Å². The van der Waals surface area contributed by atoms with E-state index in [9.17, 15) is 4.79 Å². The zero-order chi connectivity index (χ0) is 28.8. The maximum absolute atomic E-state index is 13.5. The van der Waals surface area contributed by atoms with E-state index >= 15 is 0 Å². The fourth-order valence-corrected chi connectivity index (χ4v) is 7.44. The summed E-state index contributed by atoms with van der Waals surface area (Å²) in [6, 6.07) is 14.0. The fourth-order valence-electron chi connectivity index (χ4n) is 6.86. The predicted molar refractivity (Wildman–Crippen MR) is 166 cm³/mol. The largest absolute Gasteiger partial charge is 0.373 e. The molecule has 3 fully saturated rings. The van der Waals surface area contributed by atoms with Gasteiger partial charge in [0.2, 0.25) is 0 Å². The normalized spacial score (nSPS) is 24.1. The van der Waals surface area contributed by atoms with Gasteiger partial charge in [-0.25, -0.2) is 4.79 Å². The summed E-state index contributed by atoms with van der Waals surface area (Å²) in [6.45, 7) is 2.40. The van der Waals surface area contributed by atoms with Crippen LogP contribution in [-0.4, -0.2) is 59.3 Å². The summed E-state index contributed by atoms with van der Waals surface area (Å²) in [5, 5.41) is 8.69. The van der Waals surface area contributed by atoms with Crippen LogP contribution in [0.2, 0.25) is 10.0 Å². The molecule has 1 aliphatic carbocycles. The molecule has 7 nitrogen and oxygen atoms in total. The summed E-state index contributed by atoms with van der Waals surface area (Å²) in [7, 11) is 2.14. The van der Waals surface area contributed by atoms with Crippen LogP contribution in [0, 0.1) is 0 Å². The minimum Gasteiger partial charge on any atom is -0.373 e. The van der Waals surface area contributed by atoms with E-state index in [1.54, 1.807) is 0 Å². The summed E-state index contributed by atoms with van der Waals surface area (Å²) in [6.07, 6.45) is 9.18. The molecule has 3 aromatic rings. The number of rotatable bonds is 7. The lowest BCUT2D eigenvalue weighted by molar-refractivity contribution is -0.0158. The molecule has 2 amide bonds. The number of halogens is 2. The molecule has 2 saturated heterocycles. The molecule has 4 aliphatic rings. The lowest BCUT2D eigenvalue weighted by Crippen LogP contribution is -2.50. The van der Waals surface area contributed by atoms with Gasteiger partial charge in [-0.2, -0.15) is 0 Å². The summed E-state index contributed by atoms with van der Waals surface area (Å²) >= 11 is 13.1. The molecule has 2 aromatic carbocycles. The van der Waals surface area contributed by atoms with Crippen LogP contribution >= 0.6 is 23.2 Å². The summed E-state index contributed by atoms with van der Waals surface area (Å²) < 4.78 is 12.4. The van der Waals surface area contributed by atoms with E-state index in [4.69, 9.17) is 32.5 Å². The first kappa shape index (κ1) is 28.0. The van der Waals surface area contributed by atoms with Crippen LogP contribution < -0.4 is 5.32 Å². The van der Waals surface area contributed by atoms with Gasteiger partial charge in [0, 0.05) is 47.9 Å². The van der Waals surface area contributed by atoms with Gasteiger partial charge in [0.25, 0.3) is 0 Å². The Hall–Kier alpha value is -2.84. The molecule has 2 unspecified atom stereocenters. The van der Waals surface area contributed by atoms with E-state index in [-0.39, 0.29) is 24.2 Å². The van der Waals surface area contributed by atoms with Gasteiger partial charge in [0.05, 0.1) is 22.8 Å². The molecule has 220 valence electrons. The number of likely N-dealkylation sites (N-methyl/N-ethyl adjacent to an activating group) is 1. The van der Waals surface area contributed by atoms with Crippen LogP contribution in [0.4, 0.5) is 10.5 Å². The highest BCUT2D eigenvalue weighted by molar-refractivity contribution is 6.39. The van der Waals surface area contributed by atoms with Crippen molar-refractivity contribution in [1.29, 1.82) is 0 Å². The van der Waals surface area contributed by atoms with Crippen molar-refractivity contribution < 1.29 is 14.1 Å². The number of amides is 2. The number of benzene rings is 2. The van der Waals surface area contributed by atoms with Crippen LogP contribution in [0.5, 0.6) is 0 Å². The molecule has 3 aliphatic heterocycles. The van der Waals surface area contributed by atoms with Crippen LogP contribution in [0.1, 0.15) is 67.8 Å². The van der Waals surface area contributed by atoms with Crippen molar-refractivity contribution in [3.63, 3.8) is 0 Å². The second-order valence-electron chi connectivity index (χ2n) is 12.2. The Kier molecular flexibility index (Phi) is 7.78. The molecule has 7 rings (SSSR count). The minimum atomic E-state index is -0.0128. The van der Waals surface area contributed by atoms with Crippen LogP contribution in [-0.2, 0) is 11.3 Å². The van der Waals surface area contributed by atoms with Crippen LogP contribution in [0.3, 0.4) is 0 Å². The van der Waals surface area contributed by atoms with Crippen molar-refractivity contribution in [3.8, 4) is 11.3 Å².